The standard InChI is InChI=1S/C16H24N2O3/c1-12(2)11-21-15-6-4-13(10-14(15)17)5-7-16(20)18(3)8-9-19/h4-7,10,12,19H,8-9,11,17H2,1-3H3/b7-5-. The summed E-state index contributed by atoms with van der Waals surface area (Å²) in [7, 11) is 1.64. The largest absolute Gasteiger partial charge is 0.491 e. The van der Waals surface area contributed by atoms with E-state index in [1.165, 1.54) is 11.0 Å². The fourth-order valence-electron chi connectivity index (χ4n) is 1.61. The molecule has 1 rings (SSSR count). The van der Waals surface area contributed by atoms with Gasteiger partial charge in [-0.25, -0.2) is 0 Å². The van der Waals surface area contributed by atoms with Gasteiger partial charge >= 0.3 is 0 Å². The van der Waals surface area contributed by atoms with Crippen LogP contribution in [0, 0.1) is 5.92 Å². The Morgan fingerprint density at radius 1 is 1.48 bits per heavy atom. The van der Waals surface area contributed by atoms with Crippen molar-refractivity contribution in [2.75, 3.05) is 32.5 Å². The van der Waals surface area contributed by atoms with Crippen molar-refractivity contribution < 1.29 is 14.6 Å². The molecular weight excluding hydrogens is 268 g/mol. The van der Waals surface area contributed by atoms with E-state index in [1.807, 2.05) is 6.07 Å². The van der Waals surface area contributed by atoms with Crippen LogP contribution in [0.25, 0.3) is 6.08 Å². The maximum absolute atomic E-state index is 11.7. The minimum Gasteiger partial charge on any atom is -0.491 e. The number of carbonyl (C=O) groups is 1. The van der Waals surface area contributed by atoms with Crippen LogP contribution in [-0.2, 0) is 4.79 Å². The van der Waals surface area contributed by atoms with Gasteiger partial charge in [0.25, 0.3) is 0 Å². The smallest absolute Gasteiger partial charge is 0.246 e. The fourth-order valence-corrected chi connectivity index (χ4v) is 1.61. The molecule has 21 heavy (non-hydrogen) atoms. The van der Waals surface area contributed by atoms with E-state index in [4.69, 9.17) is 15.6 Å². The first-order chi connectivity index (χ1) is 9.93. The zero-order chi connectivity index (χ0) is 15.8. The monoisotopic (exact) mass is 292 g/mol. The number of carbonyl (C=O) groups excluding carboxylic acids is 1. The van der Waals surface area contributed by atoms with E-state index in [1.54, 1.807) is 25.3 Å². The van der Waals surface area contributed by atoms with Crippen molar-refractivity contribution in [3.05, 3.63) is 29.8 Å². The third-order valence-electron chi connectivity index (χ3n) is 2.84. The van der Waals surface area contributed by atoms with Crippen LogP contribution < -0.4 is 10.5 Å². The number of hydrogen-bond acceptors (Lipinski definition) is 4. The zero-order valence-corrected chi connectivity index (χ0v) is 12.9. The van der Waals surface area contributed by atoms with E-state index in [0.29, 0.717) is 30.5 Å². The number of rotatable bonds is 7. The Morgan fingerprint density at radius 3 is 2.76 bits per heavy atom. The van der Waals surface area contributed by atoms with Gasteiger partial charge in [-0.05, 0) is 29.7 Å². The number of nitrogens with two attached hydrogens (primary N) is 1. The molecule has 1 amide bonds. The summed E-state index contributed by atoms with van der Waals surface area (Å²) in [5.74, 6) is 0.927. The van der Waals surface area contributed by atoms with Gasteiger partial charge in [0.2, 0.25) is 5.91 Å². The fraction of sp³-hybridized carbons (Fsp3) is 0.438. The van der Waals surface area contributed by atoms with Gasteiger partial charge in [-0.2, -0.15) is 0 Å². The number of likely N-dealkylation sites (N-methyl/N-ethyl adjacent to an activating group) is 1. The third-order valence-corrected chi connectivity index (χ3v) is 2.84. The summed E-state index contributed by atoms with van der Waals surface area (Å²) in [5, 5.41) is 8.78. The molecule has 0 aromatic heterocycles. The topological polar surface area (TPSA) is 75.8 Å². The number of benzene rings is 1. The van der Waals surface area contributed by atoms with Crippen molar-refractivity contribution in [1.82, 2.24) is 4.90 Å². The zero-order valence-electron chi connectivity index (χ0n) is 12.9. The maximum Gasteiger partial charge on any atom is 0.246 e. The van der Waals surface area contributed by atoms with Gasteiger partial charge < -0.3 is 20.5 Å². The second-order valence-corrected chi connectivity index (χ2v) is 5.32. The molecule has 1 aromatic carbocycles. The van der Waals surface area contributed by atoms with Crippen molar-refractivity contribution in [3.63, 3.8) is 0 Å². The lowest BCUT2D eigenvalue weighted by molar-refractivity contribution is -0.125. The molecule has 0 bridgehead atoms. The summed E-state index contributed by atoms with van der Waals surface area (Å²) in [4.78, 5) is 13.2. The highest BCUT2D eigenvalue weighted by Crippen LogP contribution is 2.23. The third kappa shape index (κ3) is 5.87. The van der Waals surface area contributed by atoms with E-state index in [-0.39, 0.29) is 12.5 Å². The molecule has 0 atom stereocenters. The lowest BCUT2D eigenvalue weighted by Crippen LogP contribution is -2.27. The first kappa shape index (κ1) is 17.0. The molecule has 5 nitrogen and oxygen atoms in total. The van der Waals surface area contributed by atoms with Gasteiger partial charge in [-0.1, -0.05) is 19.9 Å². The van der Waals surface area contributed by atoms with Crippen LogP contribution >= 0.6 is 0 Å². The van der Waals surface area contributed by atoms with Gasteiger partial charge in [0, 0.05) is 19.7 Å². The molecule has 1 aromatic rings. The first-order valence-corrected chi connectivity index (χ1v) is 7.00. The Bertz CT molecular complexity index is 498. The predicted molar refractivity (Wildman–Crippen MR) is 84.9 cm³/mol. The van der Waals surface area contributed by atoms with Gasteiger partial charge in [0.1, 0.15) is 5.75 Å². The van der Waals surface area contributed by atoms with Gasteiger partial charge in [0.15, 0.2) is 0 Å². The molecule has 0 spiro atoms. The molecule has 0 saturated heterocycles. The lowest BCUT2D eigenvalue weighted by atomic mass is 10.1. The SMILES string of the molecule is CC(C)COc1ccc(/C=C\C(=O)N(C)CCO)cc1N. The number of aliphatic hydroxyl groups excluding tert-OH is 1. The molecule has 0 radical (unpaired) electrons. The summed E-state index contributed by atoms with van der Waals surface area (Å²) in [6.45, 7) is 5.02. The summed E-state index contributed by atoms with van der Waals surface area (Å²) in [6, 6.07) is 5.42. The average molecular weight is 292 g/mol. The molecule has 0 aliphatic heterocycles. The summed E-state index contributed by atoms with van der Waals surface area (Å²) < 4.78 is 5.60. The highest BCUT2D eigenvalue weighted by atomic mass is 16.5. The Kier molecular flexibility index (Phi) is 6.75. The molecule has 0 fully saturated rings. The van der Waals surface area contributed by atoms with Crippen molar-refractivity contribution in [3.8, 4) is 5.75 Å². The second-order valence-electron chi connectivity index (χ2n) is 5.32. The minimum atomic E-state index is -0.164. The first-order valence-electron chi connectivity index (χ1n) is 7.00. The van der Waals surface area contributed by atoms with Crippen LogP contribution in [-0.4, -0.2) is 42.7 Å². The second kappa shape index (κ2) is 8.32. The Balaban J connectivity index is 2.69. The van der Waals surface area contributed by atoms with Crippen LogP contribution in [0.2, 0.25) is 0 Å². The summed E-state index contributed by atoms with van der Waals surface area (Å²) in [6.07, 6.45) is 3.15. The molecule has 5 heteroatoms. The lowest BCUT2D eigenvalue weighted by Gasteiger charge is -2.13. The predicted octanol–water partition coefficient (Wildman–Crippen LogP) is 1.77. The molecule has 0 saturated carbocycles. The number of ether oxygens (including phenoxy) is 1. The van der Waals surface area contributed by atoms with Gasteiger partial charge in [0.05, 0.1) is 18.9 Å². The van der Waals surface area contributed by atoms with E-state index in [2.05, 4.69) is 13.8 Å². The molecule has 3 N–H and O–H groups in total. The molecule has 116 valence electrons. The molecule has 0 unspecified atom stereocenters. The van der Waals surface area contributed by atoms with Crippen LogP contribution in [0.5, 0.6) is 5.75 Å². The Hall–Kier alpha value is -2.01. The number of nitrogen functional groups attached to an aromatic ring is 1. The number of nitrogens with zero attached hydrogens (tertiary/aromatic N) is 1. The summed E-state index contributed by atoms with van der Waals surface area (Å²) in [5.41, 5.74) is 7.31. The van der Waals surface area contributed by atoms with Gasteiger partial charge in [-0.3, -0.25) is 4.79 Å². The normalized spacial score (nSPS) is 11.1. The molecular formula is C16H24N2O3. The number of amides is 1. The van der Waals surface area contributed by atoms with Crippen molar-refractivity contribution in [1.29, 1.82) is 0 Å². The molecule has 0 aliphatic rings. The van der Waals surface area contributed by atoms with Crippen molar-refractivity contribution >= 4 is 17.7 Å². The van der Waals surface area contributed by atoms with E-state index >= 15 is 0 Å². The number of aliphatic hydroxyl groups is 1. The van der Waals surface area contributed by atoms with Crippen molar-refractivity contribution in [2.24, 2.45) is 5.92 Å². The molecule has 0 heterocycles. The number of hydrogen-bond donors (Lipinski definition) is 2. The maximum atomic E-state index is 11.7. The average Bonchev–Trinajstić information content (AvgIpc) is 2.43. The van der Waals surface area contributed by atoms with E-state index in [9.17, 15) is 4.79 Å². The minimum absolute atomic E-state index is 0.0507. The van der Waals surface area contributed by atoms with Gasteiger partial charge in [-0.15, -0.1) is 0 Å². The highest BCUT2D eigenvalue weighted by Gasteiger charge is 2.05. The van der Waals surface area contributed by atoms with Crippen LogP contribution in [0.4, 0.5) is 5.69 Å². The Labute approximate surface area is 126 Å². The summed E-state index contributed by atoms with van der Waals surface area (Å²) >= 11 is 0. The Morgan fingerprint density at radius 2 is 2.19 bits per heavy atom. The quantitative estimate of drug-likeness (QED) is 0.593. The van der Waals surface area contributed by atoms with E-state index in [0.717, 1.165) is 5.56 Å². The number of anilines is 1. The van der Waals surface area contributed by atoms with Crippen LogP contribution in [0.3, 0.4) is 0 Å². The highest BCUT2D eigenvalue weighted by molar-refractivity contribution is 5.91. The van der Waals surface area contributed by atoms with E-state index < -0.39 is 0 Å². The van der Waals surface area contributed by atoms with Crippen LogP contribution in [0.15, 0.2) is 24.3 Å². The van der Waals surface area contributed by atoms with Crippen LogP contribution in [0.1, 0.15) is 19.4 Å². The van der Waals surface area contributed by atoms with Crippen molar-refractivity contribution in [2.45, 2.75) is 13.8 Å². The molecule has 0 aliphatic carbocycles.